The van der Waals surface area contributed by atoms with E-state index < -0.39 is 29.8 Å². The van der Waals surface area contributed by atoms with Gasteiger partial charge in [-0.15, -0.1) is 0 Å². The van der Waals surface area contributed by atoms with Crippen molar-refractivity contribution in [1.82, 2.24) is 0 Å². The summed E-state index contributed by atoms with van der Waals surface area (Å²) in [6, 6.07) is 13.4. The Bertz CT molecular complexity index is 806. The molecule has 0 aliphatic rings. The van der Waals surface area contributed by atoms with Crippen LogP contribution < -0.4 is 0 Å². The van der Waals surface area contributed by atoms with Gasteiger partial charge in [-0.25, -0.2) is 8.78 Å². The van der Waals surface area contributed by atoms with Gasteiger partial charge in [0.25, 0.3) is 5.92 Å². The molecule has 0 aliphatic heterocycles. The van der Waals surface area contributed by atoms with Crippen LogP contribution in [0.15, 0.2) is 48.5 Å². The first-order valence-electron chi connectivity index (χ1n) is 9.69. The molecule has 2 rings (SSSR count). The van der Waals surface area contributed by atoms with Crippen molar-refractivity contribution in [3.63, 3.8) is 0 Å². The van der Waals surface area contributed by atoms with Gasteiger partial charge >= 0.3 is 5.97 Å². The number of carbonyl (C=O) groups is 1. The molecule has 0 aliphatic carbocycles. The van der Waals surface area contributed by atoms with Crippen molar-refractivity contribution in [3.05, 3.63) is 70.2 Å². The Hall–Kier alpha value is -1.98. The largest absolute Gasteiger partial charge is 0.466 e. The van der Waals surface area contributed by atoms with Crippen LogP contribution in [0.1, 0.15) is 43.6 Å². The predicted octanol–water partition coefficient (Wildman–Crippen LogP) is 5.63. The summed E-state index contributed by atoms with van der Waals surface area (Å²) in [7, 11) is 0. The van der Waals surface area contributed by atoms with Crippen LogP contribution in [0, 0.1) is 11.8 Å². The quantitative estimate of drug-likeness (QED) is 0.531. The highest BCUT2D eigenvalue weighted by molar-refractivity contribution is 6.30. The Labute approximate surface area is 175 Å². The minimum absolute atomic E-state index is 0.195. The third-order valence-corrected chi connectivity index (χ3v) is 5.16. The van der Waals surface area contributed by atoms with Crippen molar-refractivity contribution >= 4 is 17.6 Å². The van der Waals surface area contributed by atoms with Crippen LogP contribution in [0.3, 0.4) is 0 Å². The molecule has 1 N–H and O–H groups in total. The van der Waals surface area contributed by atoms with Crippen LogP contribution in [0.5, 0.6) is 0 Å². The number of hydrogen-bond donors (Lipinski definition) is 1. The van der Waals surface area contributed by atoms with E-state index in [1.165, 1.54) is 13.8 Å². The van der Waals surface area contributed by atoms with Crippen LogP contribution >= 0.6 is 11.6 Å². The molecule has 158 valence electrons. The summed E-state index contributed by atoms with van der Waals surface area (Å²) in [5.74, 6) is -4.88. The number of carbonyl (C=O) groups excluding carboxylic acids is 1. The van der Waals surface area contributed by atoms with Crippen molar-refractivity contribution in [2.45, 2.75) is 45.6 Å². The third-order valence-electron chi connectivity index (χ3n) is 4.92. The Morgan fingerprint density at radius 2 is 1.76 bits per heavy atom. The molecule has 0 heterocycles. The maximum Gasteiger partial charge on any atom is 0.312 e. The number of esters is 1. The van der Waals surface area contributed by atoms with Crippen molar-refractivity contribution in [3.8, 4) is 0 Å². The number of aliphatic hydroxyl groups is 1. The van der Waals surface area contributed by atoms with Crippen LogP contribution in [-0.4, -0.2) is 23.6 Å². The minimum Gasteiger partial charge on any atom is -0.466 e. The van der Waals surface area contributed by atoms with Crippen molar-refractivity contribution < 1.29 is 23.4 Å². The molecule has 2 unspecified atom stereocenters. The number of aliphatic hydroxyl groups excluding tert-OH is 1. The van der Waals surface area contributed by atoms with Crippen LogP contribution in [0.4, 0.5) is 8.78 Å². The molecule has 0 bridgehead atoms. The summed E-state index contributed by atoms with van der Waals surface area (Å²) in [5, 5.41) is 11.2. The first kappa shape index (κ1) is 23.3. The van der Waals surface area contributed by atoms with Gasteiger partial charge in [0.1, 0.15) is 0 Å². The minimum atomic E-state index is -2.78. The maximum absolute atomic E-state index is 14.0. The number of hydrogen-bond acceptors (Lipinski definition) is 3. The lowest BCUT2D eigenvalue weighted by atomic mass is 9.89. The van der Waals surface area contributed by atoms with Crippen molar-refractivity contribution in [1.29, 1.82) is 0 Å². The zero-order chi connectivity index (χ0) is 21.6. The van der Waals surface area contributed by atoms with Crippen LogP contribution in [-0.2, 0) is 22.4 Å². The van der Waals surface area contributed by atoms with Gasteiger partial charge in [0.05, 0.1) is 18.6 Å². The molecule has 0 saturated heterocycles. The fourth-order valence-electron chi connectivity index (χ4n) is 3.02. The molecular weight excluding hydrogens is 398 g/mol. The average Bonchev–Trinajstić information content (AvgIpc) is 2.66. The van der Waals surface area contributed by atoms with E-state index >= 15 is 0 Å². The number of halogens is 3. The van der Waals surface area contributed by atoms with Gasteiger partial charge in [0.15, 0.2) is 0 Å². The molecule has 3 nitrogen and oxygen atoms in total. The van der Waals surface area contributed by atoms with E-state index in [9.17, 15) is 18.7 Å². The molecular formula is C23H27ClF2O3. The van der Waals surface area contributed by atoms with Crippen molar-refractivity contribution in [2.24, 2.45) is 11.8 Å². The van der Waals surface area contributed by atoms with E-state index in [2.05, 4.69) is 0 Å². The zero-order valence-corrected chi connectivity index (χ0v) is 17.6. The first-order valence-corrected chi connectivity index (χ1v) is 10.1. The van der Waals surface area contributed by atoms with E-state index in [0.717, 1.165) is 5.56 Å². The van der Waals surface area contributed by atoms with Crippen molar-refractivity contribution in [2.75, 3.05) is 6.61 Å². The number of rotatable bonds is 9. The van der Waals surface area contributed by atoms with E-state index in [-0.39, 0.29) is 19.4 Å². The number of benzene rings is 2. The summed E-state index contributed by atoms with van der Waals surface area (Å²) in [4.78, 5) is 12.5. The Morgan fingerprint density at radius 3 is 2.31 bits per heavy atom. The van der Waals surface area contributed by atoms with Gasteiger partial charge < -0.3 is 9.84 Å². The fraction of sp³-hybridized carbons (Fsp3) is 0.435. The smallest absolute Gasteiger partial charge is 0.312 e. The molecule has 2 aromatic rings. The lowest BCUT2D eigenvalue weighted by molar-refractivity contribution is -0.152. The summed E-state index contributed by atoms with van der Waals surface area (Å²) in [5.41, 5.74) is 1.79. The Balaban J connectivity index is 2.19. The van der Waals surface area contributed by atoms with Gasteiger partial charge in [0, 0.05) is 17.4 Å². The summed E-state index contributed by atoms with van der Waals surface area (Å²) in [6.45, 7) is 4.89. The fourth-order valence-corrected chi connectivity index (χ4v) is 3.22. The van der Waals surface area contributed by atoms with E-state index in [4.69, 9.17) is 16.3 Å². The molecule has 0 spiro atoms. The summed E-state index contributed by atoms with van der Waals surface area (Å²) < 4.78 is 33.0. The second kappa shape index (κ2) is 10.2. The summed E-state index contributed by atoms with van der Waals surface area (Å²) in [6.07, 6.45) is -1.22. The Morgan fingerprint density at radius 1 is 1.14 bits per heavy atom. The zero-order valence-electron chi connectivity index (χ0n) is 16.9. The SMILES string of the molecule is CCOC(=O)C(Cc1ccc(CC(F)(F)C(C)C)cc1)C(O)c1cccc(Cl)c1. The Kier molecular flexibility index (Phi) is 8.17. The third kappa shape index (κ3) is 6.51. The van der Waals surface area contributed by atoms with Crippen LogP contribution in [0.2, 0.25) is 5.02 Å². The molecule has 6 heteroatoms. The lowest BCUT2D eigenvalue weighted by Gasteiger charge is -2.23. The number of alkyl halides is 2. The molecule has 2 atom stereocenters. The maximum atomic E-state index is 14.0. The van der Waals surface area contributed by atoms with Gasteiger partial charge in [-0.1, -0.05) is 61.8 Å². The second-order valence-electron chi connectivity index (χ2n) is 7.47. The topological polar surface area (TPSA) is 46.5 Å². The normalized spacial score (nSPS) is 13.9. The van der Waals surface area contributed by atoms with Gasteiger partial charge in [-0.05, 0) is 42.2 Å². The van der Waals surface area contributed by atoms with E-state index in [1.54, 1.807) is 55.5 Å². The van der Waals surface area contributed by atoms with E-state index in [1.807, 2.05) is 0 Å². The average molecular weight is 425 g/mol. The molecule has 0 saturated carbocycles. The van der Waals surface area contributed by atoms with E-state index in [0.29, 0.717) is 16.1 Å². The van der Waals surface area contributed by atoms with Crippen LogP contribution in [0.25, 0.3) is 0 Å². The molecule has 29 heavy (non-hydrogen) atoms. The predicted molar refractivity (Wildman–Crippen MR) is 110 cm³/mol. The molecule has 2 aromatic carbocycles. The highest BCUT2D eigenvalue weighted by atomic mass is 35.5. The first-order chi connectivity index (χ1) is 13.6. The highest BCUT2D eigenvalue weighted by Gasteiger charge is 2.33. The van der Waals surface area contributed by atoms with Gasteiger partial charge in [-0.3, -0.25) is 4.79 Å². The molecule has 0 amide bonds. The van der Waals surface area contributed by atoms with Gasteiger partial charge in [0.2, 0.25) is 0 Å². The highest BCUT2D eigenvalue weighted by Crippen LogP contribution is 2.30. The number of ether oxygens (including phenoxy) is 1. The standard InChI is InChI=1S/C23H27ClF2O3/c1-4-29-22(28)20(21(27)18-6-5-7-19(24)13-18)12-16-8-10-17(11-9-16)14-23(25,26)15(2)3/h5-11,13,15,20-21,27H,4,12,14H2,1-3H3. The monoisotopic (exact) mass is 424 g/mol. The molecule has 0 aromatic heterocycles. The summed E-state index contributed by atoms with van der Waals surface area (Å²) >= 11 is 6.00. The second-order valence-corrected chi connectivity index (χ2v) is 7.91. The lowest BCUT2D eigenvalue weighted by Crippen LogP contribution is -2.27. The molecule has 0 fully saturated rings. The van der Waals surface area contributed by atoms with Gasteiger partial charge in [-0.2, -0.15) is 0 Å². The molecule has 0 radical (unpaired) electrons.